The first kappa shape index (κ1) is 20.9. The average Bonchev–Trinajstić information content (AvgIpc) is 3.14. The summed E-state index contributed by atoms with van der Waals surface area (Å²) in [6.45, 7) is 1.29. The number of thiophene rings is 1. The lowest BCUT2D eigenvalue weighted by Gasteiger charge is -2.10. The number of benzene rings is 2. The molecule has 0 fully saturated rings. The lowest BCUT2D eigenvalue weighted by atomic mass is 10.1. The summed E-state index contributed by atoms with van der Waals surface area (Å²) in [6.07, 6.45) is 0. The van der Waals surface area contributed by atoms with Gasteiger partial charge >= 0.3 is 0 Å². The fraction of sp³-hybridized carbons (Fsp3) is 0.0833. The maximum absolute atomic E-state index is 13.4. The second-order valence-corrected chi connectivity index (χ2v) is 8.45. The van der Waals surface area contributed by atoms with Gasteiger partial charge in [0.25, 0.3) is 5.56 Å². The summed E-state index contributed by atoms with van der Waals surface area (Å²) in [6, 6.07) is 16.2. The molecule has 0 unspecified atom stereocenters. The van der Waals surface area contributed by atoms with Gasteiger partial charge in [-0.25, -0.2) is 18.7 Å². The van der Waals surface area contributed by atoms with Gasteiger partial charge in [0.1, 0.15) is 33.5 Å². The van der Waals surface area contributed by atoms with Gasteiger partial charge in [0, 0.05) is 22.7 Å². The minimum absolute atomic E-state index is 0.0308. The van der Waals surface area contributed by atoms with Crippen LogP contribution in [0.15, 0.2) is 65.5 Å². The van der Waals surface area contributed by atoms with E-state index in [0.29, 0.717) is 26.9 Å². The number of hydrogen-bond acceptors (Lipinski definition) is 5. The van der Waals surface area contributed by atoms with Crippen LogP contribution in [0.25, 0.3) is 31.7 Å². The molecule has 0 saturated carbocycles. The molecule has 2 aromatic carbocycles. The molecule has 5 rings (SSSR count). The van der Waals surface area contributed by atoms with E-state index < -0.39 is 17.5 Å². The third kappa shape index (κ3) is 3.98. The minimum atomic E-state index is -0.811. The van der Waals surface area contributed by atoms with Crippen LogP contribution in [0, 0.1) is 18.6 Å². The zero-order valence-corrected chi connectivity index (χ0v) is 18.1. The molecule has 1 amide bonds. The van der Waals surface area contributed by atoms with E-state index in [9.17, 15) is 18.4 Å². The number of carbonyl (C=O) groups is 1. The number of hydrogen-bond donors (Lipinski definition) is 1. The first-order chi connectivity index (χ1) is 15.9. The molecule has 9 heteroatoms. The van der Waals surface area contributed by atoms with Gasteiger partial charge in [-0.05, 0) is 31.2 Å². The number of nitrogens with zero attached hydrogens (tertiary/aromatic N) is 3. The number of halogens is 2. The molecule has 0 radical (unpaired) electrons. The van der Waals surface area contributed by atoms with Crippen molar-refractivity contribution in [3.05, 3.63) is 88.5 Å². The van der Waals surface area contributed by atoms with Crippen molar-refractivity contribution in [3.63, 3.8) is 0 Å². The molecule has 3 aromatic heterocycles. The van der Waals surface area contributed by atoms with Gasteiger partial charge in [-0.3, -0.25) is 14.2 Å². The molecule has 0 aliphatic carbocycles. The van der Waals surface area contributed by atoms with E-state index >= 15 is 0 Å². The molecule has 33 heavy (non-hydrogen) atoms. The molecule has 0 spiro atoms. The topological polar surface area (TPSA) is 76.9 Å². The number of aryl methyl sites for hydroxylation is 1. The van der Waals surface area contributed by atoms with E-state index in [1.54, 1.807) is 6.92 Å². The summed E-state index contributed by atoms with van der Waals surface area (Å²) < 4.78 is 28.4. The molecule has 0 aliphatic heterocycles. The Bertz CT molecular complexity index is 1580. The van der Waals surface area contributed by atoms with Crippen molar-refractivity contribution >= 4 is 43.4 Å². The second-order valence-electron chi connectivity index (χ2n) is 7.45. The van der Waals surface area contributed by atoms with E-state index in [-0.39, 0.29) is 17.8 Å². The van der Waals surface area contributed by atoms with Crippen molar-refractivity contribution < 1.29 is 13.6 Å². The largest absolute Gasteiger partial charge is 0.324 e. The van der Waals surface area contributed by atoms with Crippen LogP contribution in [0.5, 0.6) is 0 Å². The molecule has 0 bridgehead atoms. The van der Waals surface area contributed by atoms with Gasteiger partial charge in [0.2, 0.25) is 5.91 Å². The SMILES string of the molecule is Cc1nc2c(sc3nc(-c4ccccc4)ccc32)c(=O)n1CC(=O)Nc1cc(F)cc(F)c1. The average molecular weight is 462 g/mol. The highest BCUT2D eigenvalue weighted by Crippen LogP contribution is 2.31. The summed E-state index contributed by atoms with van der Waals surface area (Å²) in [7, 11) is 0. The van der Waals surface area contributed by atoms with Crippen molar-refractivity contribution in [2.45, 2.75) is 13.5 Å². The van der Waals surface area contributed by atoms with Gasteiger partial charge in [-0.15, -0.1) is 11.3 Å². The highest BCUT2D eigenvalue weighted by atomic mass is 32.1. The normalized spacial score (nSPS) is 11.2. The summed E-state index contributed by atoms with van der Waals surface area (Å²) >= 11 is 1.22. The van der Waals surface area contributed by atoms with Crippen LogP contribution in [0.2, 0.25) is 0 Å². The predicted octanol–water partition coefficient (Wildman–Crippen LogP) is 4.90. The van der Waals surface area contributed by atoms with Crippen LogP contribution in [-0.2, 0) is 11.3 Å². The number of amides is 1. The highest BCUT2D eigenvalue weighted by molar-refractivity contribution is 7.25. The number of rotatable bonds is 4. The van der Waals surface area contributed by atoms with Crippen molar-refractivity contribution in [1.82, 2.24) is 14.5 Å². The molecule has 5 aromatic rings. The second kappa shape index (κ2) is 8.18. The maximum atomic E-state index is 13.4. The van der Waals surface area contributed by atoms with Crippen LogP contribution in [0.1, 0.15) is 5.82 Å². The molecular weight excluding hydrogens is 446 g/mol. The van der Waals surface area contributed by atoms with Crippen LogP contribution in [-0.4, -0.2) is 20.4 Å². The summed E-state index contributed by atoms with van der Waals surface area (Å²) in [5, 5.41) is 3.18. The van der Waals surface area contributed by atoms with Gasteiger partial charge < -0.3 is 5.32 Å². The minimum Gasteiger partial charge on any atom is -0.324 e. The van der Waals surface area contributed by atoms with E-state index in [4.69, 9.17) is 4.98 Å². The van der Waals surface area contributed by atoms with Gasteiger partial charge in [-0.2, -0.15) is 0 Å². The van der Waals surface area contributed by atoms with Crippen LogP contribution in [0.3, 0.4) is 0 Å². The third-order valence-corrected chi connectivity index (χ3v) is 6.23. The lowest BCUT2D eigenvalue weighted by molar-refractivity contribution is -0.116. The number of pyridine rings is 1. The monoisotopic (exact) mass is 462 g/mol. The Labute approximate surface area is 190 Å². The predicted molar refractivity (Wildman–Crippen MR) is 124 cm³/mol. The van der Waals surface area contributed by atoms with E-state index in [1.165, 1.54) is 15.9 Å². The summed E-state index contributed by atoms with van der Waals surface area (Å²) in [5.41, 5.74) is 1.88. The summed E-state index contributed by atoms with van der Waals surface area (Å²) in [4.78, 5) is 35.6. The number of anilines is 1. The zero-order valence-electron chi connectivity index (χ0n) is 17.3. The molecule has 0 aliphatic rings. The number of carbonyl (C=O) groups excluding carboxylic acids is 1. The third-order valence-electron chi connectivity index (χ3n) is 5.15. The van der Waals surface area contributed by atoms with Crippen LogP contribution < -0.4 is 10.9 Å². The Balaban J connectivity index is 1.51. The standard InChI is InChI=1S/C24H16F2N4O2S/c1-13-27-21-18-7-8-19(14-5-3-2-4-6-14)29-23(18)33-22(21)24(32)30(13)12-20(31)28-17-10-15(25)9-16(26)11-17/h2-11H,12H2,1H3,(H,28,31). The molecule has 6 nitrogen and oxygen atoms in total. The van der Waals surface area contributed by atoms with E-state index in [0.717, 1.165) is 28.8 Å². The van der Waals surface area contributed by atoms with Gasteiger partial charge in [-0.1, -0.05) is 30.3 Å². The Kier molecular flexibility index (Phi) is 5.18. The first-order valence-corrected chi connectivity index (χ1v) is 10.8. The number of nitrogens with one attached hydrogen (secondary N) is 1. The quantitative estimate of drug-likeness (QED) is 0.412. The van der Waals surface area contributed by atoms with Crippen molar-refractivity contribution in [2.75, 3.05) is 5.32 Å². The maximum Gasteiger partial charge on any atom is 0.272 e. The molecule has 1 N–H and O–H groups in total. The molecule has 0 saturated heterocycles. The van der Waals surface area contributed by atoms with Crippen molar-refractivity contribution in [3.8, 4) is 11.3 Å². The van der Waals surface area contributed by atoms with Crippen LogP contribution >= 0.6 is 11.3 Å². The molecular formula is C24H16F2N4O2S. The molecule has 0 atom stereocenters. The molecule has 164 valence electrons. The Hall–Kier alpha value is -3.98. The van der Waals surface area contributed by atoms with Crippen molar-refractivity contribution in [2.24, 2.45) is 0 Å². The van der Waals surface area contributed by atoms with E-state index in [1.807, 2.05) is 42.5 Å². The number of aromatic nitrogens is 3. The Morgan fingerprint density at radius 2 is 1.76 bits per heavy atom. The lowest BCUT2D eigenvalue weighted by Crippen LogP contribution is -2.29. The van der Waals surface area contributed by atoms with Crippen molar-refractivity contribution in [1.29, 1.82) is 0 Å². The Morgan fingerprint density at radius 1 is 1.03 bits per heavy atom. The smallest absolute Gasteiger partial charge is 0.272 e. The first-order valence-electron chi connectivity index (χ1n) is 10.0. The summed E-state index contributed by atoms with van der Waals surface area (Å²) in [5.74, 6) is -1.87. The van der Waals surface area contributed by atoms with E-state index in [2.05, 4.69) is 10.3 Å². The Morgan fingerprint density at radius 3 is 2.48 bits per heavy atom. The fourth-order valence-electron chi connectivity index (χ4n) is 3.64. The zero-order chi connectivity index (χ0) is 23.1. The fourth-order valence-corrected chi connectivity index (χ4v) is 4.70. The van der Waals surface area contributed by atoms with Crippen LogP contribution in [0.4, 0.5) is 14.5 Å². The van der Waals surface area contributed by atoms with Gasteiger partial charge in [0.15, 0.2) is 0 Å². The highest BCUT2D eigenvalue weighted by Gasteiger charge is 2.17. The van der Waals surface area contributed by atoms with Gasteiger partial charge in [0.05, 0.1) is 11.2 Å². The molecule has 3 heterocycles. The number of fused-ring (bicyclic) bond motifs is 3.